The second-order valence-corrected chi connectivity index (χ2v) is 9.01. The van der Waals surface area contributed by atoms with Crippen LogP contribution in [0.2, 0.25) is 0 Å². The molecule has 2 amide bonds. The number of halogens is 6. The van der Waals surface area contributed by atoms with Crippen LogP contribution in [0.25, 0.3) is 0 Å². The summed E-state index contributed by atoms with van der Waals surface area (Å²) in [7, 11) is 1.52. The molecule has 14 heteroatoms. The van der Waals surface area contributed by atoms with E-state index < -0.39 is 35.0 Å². The summed E-state index contributed by atoms with van der Waals surface area (Å²) in [4.78, 5) is 28.5. The van der Waals surface area contributed by atoms with E-state index in [-0.39, 0.29) is 28.6 Å². The van der Waals surface area contributed by atoms with E-state index in [9.17, 15) is 35.9 Å². The molecule has 6 nitrogen and oxygen atoms in total. The predicted octanol–water partition coefficient (Wildman–Crippen LogP) is 6.31. The van der Waals surface area contributed by atoms with Gasteiger partial charge in [0.2, 0.25) is 5.91 Å². The first-order valence-corrected chi connectivity index (χ1v) is 12.0. The molecule has 0 atom stereocenters. The number of rotatable bonds is 8. The fourth-order valence-electron chi connectivity index (χ4n) is 2.81. The number of nitrogens with one attached hydrogen (secondary N) is 2. The number of alkyl halides is 6. The summed E-state index contributed by atoms with van der Waals surface area (Å²) in [6, 6.07) is 7.37. The molecule has 0 saturated carbocycles. The quantitative estimate of drug-likeness (QED) is 0.322. The zero-order valence-corrected chi connectivity index (χ0v) is 19.9. The van der Waals surface area contributed by atoms with Gasteiger partial charge in [0.05, 0.1) is 29.7 Å². The Labute approximate surface area is 209 Å². The standard InChI is InChI=1S/C22H17F6N3O3S2/c1-34-17-4-2-15(3-5-17)29-18(32)11-35-9-16-10-36-20(30-16)31-19(33)12-6-13(21(23,24)25)8-14(7-12)22(26,27)28/h2-8,10H,9,11H2,1H3,(H,29,32)(H,30,31,33). The van der Waals surface area contributed by atoms with Crippen LogP contribution in [0.4, 0.5) is 37.2 Å². The van der Waals surface area contributed by atoms with E-state index in [4.69, 9.17) is 4.74 Å². The van der Waals surface area contributed by atoms with E-state index in [0.717, 1.165) is 11.3 Å². The van der Waals surface area contributed by atoms with Gasteiger partial charge in [-0.1, -0.05) is 0 Å². The SMILES string of the molecule is COc1ccc(NC(=O)CSCc2csc(NC(=O)c3cc(C(F)(F)F)cc(C(F)(F)F)c3)n2)cc1. The molecule has 0 spiro atoms. The first-order valence-electron chi connectivity index (χ1n) is 9.92. The highest BCUT2D eigenvalue weighted by Crippen LogP contribution is 2.36. The van der Waals surface area contributed by atoms with Crippen LogP contribution in [0, 0.1) is 0 Å². The molecule has 2 aromatic carbocycles. The molecule has 0 aliphatic heterocycles. The number of hydrogen-bond donors (Lipinski definition) is 2. The zero-order chi connectivity index (χ0) is 26.5. The molecule has 0 radical (unpaired) electrons. The van der Waals surface area contributed by atoms with Gasteiger partial charge in [-0.25, -0.2) is 4.98 Å². The number of anilines is 2. The number of benzene rings is 2. The Morgan fingerprint density at radius 1 is 0.972 bits per heavy atom. The Bertz CT molecular complexity index is 1190. The number of methoxy groups -OCH3 is 1. The number of thiazole rings is 1. The van der Waals surface area contributed by atoms with Crippen LogP contribution in [0.1, 0.15) is 27.2 Å². The van der Waals surface area contributed by atoms with Gasteiger partial charge < -0.3 is 10.1 Å². The highest BCUT2D eigenvalue weighted by molar-refractivity contribution is 7.99. The molecule has 0 aliphatic carbocycles. The van der Waals surface area contributed by atoms with Crippen LogP contribution in [0.5, 0.6) is 5.75 Å². The molecular weight excluding hydrogens is 532 g/mol. The Morgan fingerprint density at radius 3 is 2.14 bits per heavy atom. The smallest absolute Gasteiger partial charge is 0.416 e. The first-order chi connectivity index (χ1) is 16.8. The van der Waals surface area contributed by atoms with Gasteiger partial charge in [-0.3, -0.25) is 14.9 Å². The summed E-state index contributed by atoms with van der Waals surface area (Å²) in [5.74, 6) is -0.416. The zero-order valence-electron chi connectivity index (χ0n) is 18.3. The minimum Gasteiger partial charge on any atom is -0.497 e. The molecule has 0 unspecified atom stereocenters. The lowest BCUT2D eigenvalue weighted by molar-refractivity contribution is -0.143. The summed E-state index contributed by atoms with van der Waals surface area (Å²) in [6.07, 6.45) is -10.1. The molecule has 36 heavy (non-hydrogen) atoms. The van der Waals surface area contributed by atoms with Crippen molar-refractivity contribution in [3.63, 3.8) is 0 Å². The van der Waals surface area contributed by atoms with Gasteiger partial charge >= 0.3 is 12.4 Å². The topological polar surface area (TPSA) is 80.3 Å². The lowest BCUT2D eigenvalue weighted by atomic mass is 10.0. The van der Waals surface area contributed by atoms with Crippen LogP contribution in [-0.4, -0.2) is 29.7 Å². The molecule has 192 valence electrons. The fraction of sp³-hybridized carbons (Fsp3) is 0.227. The summed E-state index contributed by atoms with van der Waals surface area (Å²) in [5.41, 5.74) is -2.93. The predicted molar refractivity (Wildman–Crippen MR) is 124 cm³/mol. The number of hydrogen-bond acceptors (Lipinski definition) is 6. The van der Waals surface area contributed by atoms with Gasteiger partial charge in [-0.15, -0.1) is 23.1 Å². The highest BCUT2D eigenvalue weighted by Gasteiger charge is 2.37. The number of carbonyl (C=O) groups excluding carboxylic acids is 2. The average Bonchev–Trinajstić information content (AvgIpc) is 3.25. The van der Waals surface area contributed by atoms with E-state index in [0.29, 0.717) is 29.3 Å². The van der Waals surface area contributed by atoms with Gasteiger partial charge in [-0.2, -0.15) is 26.3 Å². The Kier molecular flexibility index (Phi) is 8.51. The number of nitrogens with zero attached hydrogens (tertiary/aromatic N) is 1. The van der Waals surface area contributed by atoms with Crippen molar-refractivity contribution < 1.29 is 40.7 Å². The monoisotopic (exact) mass is 549 g/mol. The van der Waals surface area contributed by atoms with Gasteiger partial charge in [0, 0.05) is 22.4 Å². The molecule has 0 fully saturated rings. The number of aromatic nitrogens is 1. The third-order valence-corrected chi connectivity index (χ3v) is 6.25. The van der Waals surface area contributed by atoms with Crippen molar-refractivity contribution in [2.24, 2.45) is 0 Å². The third-order valence-electron chi connectivity index (χ3n) is 4.48. The largest absolute Gasteiger partial charge is 0.497 e. The Balaban J connectivity index is 1.57. The van der Waals surface area contributed by atoms with Gasteiger partial charge in [0.1, 0.15) is 5.75 Å². The van der Waals surface area contributed by atoms with E-state index in [1.165, 1.54) is 18.9 Å². The van der Waals surface area contributed by atoms with Gasteiger partial charge in [-0.05, 0) is 42.5 Å². The maximum atomic E-state index is 13.0. The average molecular weight is 550 g/mol. The maximum Gasteiger partial charge on any atom is 0.416 e. The van der Waals surface area contributed by atoms with Crippen molar-refractivity contribution in [1.82, 2.24) is 4.98 Å². The summed E-state index contributed by atoms with van der Waals surface area (Å²) in [5, 5.41) is 6.46. The third kappa shape index (κ3) is 7.62. The molecule has 0 saturated heterocycles. The number of thioether (sulfide) groups is 1. The van der Waals surface area contributed by atoms with Crippen LogP contribution >= 0.6 is 23.1 Å². The van der Waals surface area contributed by atoms with Crippen LogP contribution in [-0.2, 0) is 22.9 Å². The van der Waals surface area contributed by atoms with Crippen molar-refractivity contribution in [3.8, 4) is 5.75 Å². The molecule has 0 aliphatic rings. The minimum absolute atomic E-state index is 0.00995. The Morgan fingerprint density at radius 2 is 1.58 bits per heavy atom. The van der Waals surface area contributed by atoms with Gasteiger partial charge in [0.15, 0.2) is 5.13 Å². The molecule has 1 heterocycles. The first kappa shape index (κ1) is 27.3. The fourth-order valence-corrected chi connectivity index (χ4v) is 4.33. The van der Waals surface area contributed by atoms with Crippen molar-refractivity contribution in [3.05, 3.63) is 70.2 Å². The molecule has 3 aromatic rings. The number of ether oxygens (including phenoxy) is 1. The molecule has 1 aromatic heterocycles. The Hall–Kier alpha value is -3.26. The van der Waals surface area contributed by atoms with Gasteiger partial charge in [0.25, 0.3) is 5.91 Å². The number of carbonyl (C=O) groups is 2. The van der Waals surface area contributed by atoms with Crippen LogP contribution in [0.15, 0.2) is 47.8 Å². The molecule has 0 bridgehead atoms. The second kappa shape index (κ2) is 11.2. The minimum atomic E-state index is -5.07. The summed E-state index contributed by atoms with van der Waals surface area (Å²) < 4.78 is 83.1. The van der Waals surface area contributed by atoms with Crippen molar-refractivity contribution >= 4 is 45.7 Å². The summed E-state index contributed by atoms with van der Waals surface area (Å²) >= 11 is 2.17. The highest BCUT2D eigenvalue weighted by atomic mass is 32.2. The normalized spacial score (nSPS) is 11.8. The van der Waals surface area contributed by atoms with E-state index in [1.54, 1.807) is 29.6 Å². The lowest BCUT2D eigenvalue weighted by Crippen LogP contribution is -2.17. The molecule has 2 N–H and O–H groups in total. The van der Waals surface area contributed by atoms with Crippen molar-refractivity contribution in [1.29, 1.82) is 0 Å². The van der Waals surface area contributed by atoms with E-state index in [1.807, 2.05) is 0 Å². The van der Waals surface area contributed by atoms with Crippen LogP contribution < -0.4 is 15.4 Å². The van der Waals surface area contributed by atoms with Crippen molar-refractivity contribution in [2.75, 3.05) is 23.5 Å². The van der Waals surface area contributed by atoms with E-state index >= 15 is 0 Å². The molecular formula is C22H17F6N3O3S2. The van der Waals surface area contributed by atoms with E-state index in [2.05, 4.69) is 15.6 Å². The van der Waals surface area contributed by atoms with Crippen LogP contribution in [0.3, 0.4) is 0 Å². The lowest BCUT2D eigenvalue weighted by Gasteiger charge is -2.13. The maximum absolute atomic E-state index is 13.0. The second-order valence-electron chi connectivity index (χ2n) is 7.16. The van der Waals surface area contributed by atoms with Crippen molar-refractivity contribution in [2.45, 2.75) is 18.1 Å². The number of amides is 2. The summed E-state index contributed by atoms with van der Waals surface area (Å²) in [6.45, 7) is 0. The molecule has 3 rings (SSSR count).